The van der Waals surface area contributed by atoms with Crippen molar-refractivity contribution >= 4 is 23.4 Å². The molecule has 1 rings (SSSR count). The van der Waals surface area contributed by atoms with Crippen molar-refractivity contribution in [1.82, 2.24) is 0 Å². The Balaban J connectivity index is 2.58. The van der Waals surface area contributed by atoms with Gasteiger partial charge in [-0.2, -0.15) is 13.2 Å². The number of halogens is 5. The van der Waals surface area contributed by atoms with Gasteiger partial charge >= 0.3 is 5.51 Å². The smallest absolute Gasteiger partial charge is 0.207 e. The van der Waals surface area contributed by atoms with Crippen LogP contribution in [0, 0.1) is 5.82 Å². The van der Waals surface area contributed by atoms with E-state index in [0.29, 0.717) is 5.56 Å². The third-order valence-electron chi connectivity index (χ3n) is 2.26. The summed E-state index contributed by atoms with van der Waals surface area (Å²) in [5.74, 6) is -0.808. The zero-order valence-electron chi connectivity index (χ0n) is 8.81. The van der Waals surface area contributed by atoms with E-state index in [1.54, 1.807) is 12.1 Å². The Labute approximate surface area is 106 Å². The Morgan fingerprint density at radius 1 is 1.24 bits per heavy atom. The fraction of sp³-hybridized carbons (Fsp3) is 0.455. The Morgan fingerprint density at radius 2 is 1.88 bits per heavy atom. The lowest BCUT2D eigenvalue weighted by atomic mass is 9.98. The van der Waals surface area contributed by atoms with Gasteiger partial charge in [-0.3, -0.25) is 0 Å². The van der Waals surface area contributed by atoms with Crippen LogP contribution in [0.2, 0.25) is 0 Å². The van der Waals surface area contributed by atoms with E-state index < -0.39 is 11.3 Å². The number of benzene rings is 1. The van der Waals surface area contributed by atoms with Gasteiger partial charge in [-0.15, -0.1) is 11.6 Å². The molecule has 0 aliphatic heterocycles. The average Bonchev–Trinajstić information content (AvgIpc) is 2.24. The highest BCUT2D eigenvalue weighted by Crippen LogP contribution is 2.33. The van der Waals surface area contributed by atoms with E-state index in [9.17, 15) is 17.6 Å². The maximum absolute atomic E-state index is 13.4. The zero-order valence-corrected chi connectivity index (χ0v) is 10.4. The molecule has 0 saturated heterocycles. The molecule has 0 saturated carbocycles. The summed E-state index contributed by atoms with van der Waals surface area (Å²) < 4.78 is 49.2. The minimum Gasteiger partial charge on any atom is -0.207 e. The first-order valence-corrected chi connectivity index (χ1v) is 6.47. The monoisotopic (exact) mass is 286 g/mol. The maximum atomic E-state index is 13.4. The summed E-state index contributed by atoms with van der Waals surface area (Å²) in [6.07, 6.45) is 0.203. The van der Waals surface area contributed by atoms with E-state index in [-0.39, 0.29) is 35.7 Å². The third-order valence-corrected chi connectivity index (χ3v) is 3.40. The molecule has 0 aromatic heterocycles. The van der Waals surface area contributed by atoms with Crippen LogP contribution in [-0.4, -0.2) is 17.1 Å². The molecule has 0 aliphatic rings. The first-order valence-electron chi connectivity index (χ1n) is 4.95. The predicted molar refractivity (Wildman–Crippen MR) is 63.0 cm³/mol. The van der Waals surface area contributed by atoms with E-state index in [4.69, 9.17) is 11.6 Å². The highest BCUT2D eigenvalue weighted by atomic mass is 35.5. The van der Waals surface area contributed by atoms with Crippen LogP contribution in [0.3, 0.4) is 0 Å². The molecule has 17 heavy (non-hydrogen) atoms. The van der Waals surface area contributed by atoms with Crippen LogP contribution in [0.4, 0.5) is 17.6 Å². The van der Waals surface area contributed by atoms with Gasteiger partial charge in [-0.1, -0.05) is 30.0 Å². The van der Waals surface area contributed by atoms with Crippen LogP contribution in [0.1, 0.15) is 17.9 Å². The molecular weight excluding hydrogens is 276 g/mol. The van der Waals surface area contributed by atoms with Crippen molar-refractivity contribution in [3.63, 3.8) is 0 Å². The van der Waals surface area contributed by atoms with Crippen molar-refractivity contribution in [2.24, 2.45) is 0 Å². The van der Waals surface area contributed by atoms with Gasteiger partial charge < -0.3 is 0 Å². The molecule has 1 atom stereocenters. The number of rotatable bonds is 5. The van der Waals surface area contributed by atoms with Gasteiger partial charge in [0.25, 0.3) is 0 Å². The summed E-state index contributed by atoms with van der Waals surface area (Å²) >= 11 is 5.56. The van der Waals surface area contributed by atoms with E-state index in [1.165, 1.54) is 12.1 Å². The predicted octanol–water partition coefficient (Wildman–Crippen LogP) is 4.79. The highest BCUT2D eigenvalue weighted by Gasteiger charge is 2.28. The van der Waals surface area contributed by atoms with Crippen molar-refractivity contribution in [3.8, 4) is 0 Å². The van der Waals surface area contributed by atoms with Crippen LogP contribution in [0.15, 0.2) is 24.3 Å². The lowest BCUT2D eigenvalue weighted by molar-refractivity contribution is -0.0328. The van der Waals surface area contributed by atoms with Crippen molar-refractivity contribution < 1.29 is 17.6 Å². The fourth-order valence-electron chi connectivity index (χ4n) is 1.44. The minimum atomic E-state index is -4.24. The maximum Gasteiger partial charge on any atom is 0.441 e. The second-order valence-corrected chi connectivity index (χ2v) is 4.92. The molecule has 1 unspecified atom stereocenters. The molecule has 0 amide bonds. The van der Waals surface area contributed by atoms with Crippen LogP contribution >= 0.6 is 23.4 Å². The topological polar surface area (TPSA) is 0 Å². The first-order chi connectivity index (χ1) is 7.94. The molecule has 6 heteroatoms. The molecule has 0 radical (unpaired) electrons. The molecule has 0 heterocycles. The summed E-state index contributed by atoms with van der Waals surface area (Å²) in [6.45, 7) is 0. The SMILES string of the molecule is Fc1ccccc1C(CCl)CCSC(F)(F)F. The lowest BCUT2D eigenvalue weighted by Gasteiger charge is -2.15. The first kappa shape index (κ1) is 14.6. The largest absolute Gasteiger partial charge is 0.441 e. The van der Waals surface area contributed by atoms with Gasteiger partial charge in [0.05, 0.1) is 0 Å². The zero-order chi connectivity index (χ0) is 12.9. The number of thioether (sulfide) groups is 1. The number of hydrogen-bond donors (Lipinski definition) is 0. The van der Waals surface area contributed by atoms with E-state index in [2.05, 4.69) is 0 Å². The lowest BCUT2D eigenvalue weighted by Crippen LogP contribution is -2.08. The summed E-state index contributed by atoms with van der Waals surface area (Å²) in [5.41, 5.74) is -3.86. The quantitative estimate of drug-likeness (QED) is 0.554. The van der Waals surface area contributed by atoms with Crippen LogP contribution in [0.5, 0.6) is 0 Å². The Bertz CT molecular complexity index is 354. The second-order valence-electron chi connectivity index (χ2n) is 3.46. The normalized spacial score (nSPS) is 13.7. The van der Waals surface area contributed by atoms with Crippen molar-refractivity contribution in [3.05, 3.63) is 35.6 Å². The number of alkyl halides is 4. The van der Waals surface area contributed by atoms with Gasteiger partial charge in [-0.05, 0) is 18.1 Å². The highest BCUT2D eigenvalue weighted by molar-refractivity contribution is 8.00. The molecule has 0 nitrogen and oxygen atoms in total. The van der Waals surface area contributed by atoms with Gasteiger partial charge in [0.15, 0.2) is 0 Å². The van der Waals surface area contributed by atoms with E-state index in [1.807, 2.05) is 0 Å². The third kappa shape index (κ3) is 5.17. The van der Waals surface area contributed by atoms with Crippen molar-refractivity contribution in [2.45, 2.75) is 17.8 Å². The molecular formula is C11H11ClF4S. The summed E-state index contributed by atoms with van der Waals surface area (Å²) in [7, 11) is 0. The molecule has 0 aliphatic carbocycles. The second kappa shape index (κ2) is 6.50. The molecule has 0 N–H and O–H groups in total. The molecule has 0 fully saturated rings. The fourth-order valence-corrected chi connectivity index (χ4v) is 2.39. The average molecular weight is 287 g/mol. The van der Waals surface area contributed by atoms with Gasteiger partial charge in [0.2, 0.25) is 0 Å². The Morgan fingerprint density at radius 3 is 2.41 bits per heavy atom. The van der Waals surface area contributed by atoms with E-state index >= 15 is 0 Å². The summed E-state index contributed by atoms with van der Waals surface area (Å²) in [5, 5.41) is 0. The Kier molecular flexibility index (Phi) is 5.59. The molecule has 1 aromatic carbocycles. The van der Waals surface area contributed by atoms with Crippen LogP contribution in [-0.2, 0) is 0 Å². The standard InChI is InChI=1S/C11H11ClF4S/c12-7-8(5-6-17-11(14,15)16)9-3-1-2-4-10(9)13/h1-4,8H,5-7H2. The van der Waals surface area contributed by atoms with Crippen LogP contribution < -0.4 is 0 Å². The van der Waals surface area contributed by atoms with Crippen LogP contribution in [0.25, 0.3) is 0 Å². The molecule has 0 bridgehead atoms. The van der Waals surface area contributed by atoms with Crippen molar-refractivity contribution in [2.75, 3.05) is 11.6 Å². The van der Waals surface area contributed by atoms with Gasteiger partial charge in [0, 0.05) is 17.6 Å². The van der Waals surface area contributed by atoms with Gasteiger partial charge in [0.1, 0.15) is 5.82 Å². The molecule has 1 aromatic rings. The van der Waals surface area contributed by atoms with Gasteiger partial charge in [-0.25, -0.2) is 4.39 Å². The minimum absolute atomic E-state index is 0.103. The Hall–Kier alpha value is -0.420. The van der Waals surface area contributed by atoms with E-state index in [0.717, 1.165) is 0 Å². The molecule has 0 spiro atoms. The summed E-state index contributed by atoms with van der Waals surface area (Å²) in [4.78, 5) is 0. The van der Waals surface area contributed by atoms with Crippen molar-refractivity contribution in [1.29, 1.82) is 0 Å². The molecule has 96 valence electrons. The summed E-state index contributed by atoms with van der Waals surface area (Å²) in [6, 6.07) is 6.02. The number of hydrogen-bond acceptors (Lipinski definition) is 1.